The third-order valence-electron chi connectivity index (χ3n) is 7.01. The lowest BCUT2D eigenvalue weighted by atomic mass is 10.0. The maximum absolute atomic E-state index is 2.47. The molecule has 2 heteroatoms. The fourth-order valence-corrected chi connectivity index (χ4v) is 4.73. The standard InChI is InChI=1S/C29H57N2/c1-4-6-8-10-12-13-14-15-16-17-18-20-22-24-26-31-28-27-30(29(31)3)25-23-21-19-11-9-7-5-2/h27-28H,4-26H2,1-3H3/q+1. The van der Waals surface area contributed by atoms with E-state index < -0.39 is 0 Å². The monoisotopic (exact) mass is 433 g/mol. The molecule has 0 unspecified atom stereocenters. The summed E-state index contributed by atoms with van der Waals surface area (Å²) in [5.74, 6) is 1.45. The van der Waals surface area contributed by atoms with Gasteiger partial charge in [0.1, 0.15) is 12.4 Å². The number of rotatable bonds is 23. The molecule has 0 aliphatic heterocycles. The summed E-state index contributed by atoms with van der Waals surface area (Å²) in [5, 5.41) is 0. The highest BCUT2D eigenvalue weighted by atomic mass is 15.1. The summed E-state index contributed by atoms with van der Waals surface area (Å²) in [6.07, 6.45) is 34.5. The lowest BCUT2D eigenvalue weighted by molar-refractivity contribution is -0.702. The van der Waals surface area contributed by atoms with Gasteiger partial charge in [-0.2, -0.15) is 0 Å². The first-order valence-electron chi connectivity index (χ1n) is 14.3. The van der Waals surface area contributed by atoms with E-state index in [-0.39, 0.29) is 0 Å². The maximum Gasteiger partial charge on any atom is 0.253 e. The summed E-state index contributed by atoms with van der Waals surface area (Å²) in [5.41, 5.74) is 0. The molecule has 0 radical (unpaired) electrons. The maximum atomic E-state index is 2.47. The summed E-state index contributed by atoms with van der Waals surface area (Å²) in [4.78, 5) is 0. The minimum absolute atomic E-state index is 1.20. The van der Waals surface area contributed by atoms with Crippen LogP contribution >= 0.6 is 0 Å². The quantitative estimate of drug-likeness (QED) is 0.120. The Hall–Kier alpha value is -0.790. The number of unbranched alkanes of at least 4 members (excludes halogenated alkanes) is 19. The molecule has 0 saturated carbocycles. The first-order valence-corrected chi connectivity index (χ1v) is 14.3. The van der Waals surface area contributed by atoms with Gasteiger partial charge in [0.25, 0.3) is 5.82 Å². The number of hydrogen-bond donors (Lipinski definition) is 0. The van der Waals surface area contributed by atoms with Crippen molar-refractivity contribution in [3.05, 3.63) is 18.2 Å². The average molecular weight is 434 g/mol. The van der Waals surface area contributed by atoms with Gasteiger partial charge in [0.05, 0.1) is 13.1 Å². The topological polar surface area (TPSA) is 8.81 Å². The Morgan fingerprint density at radius 1 is 0.548 bits per heavy atom. The van der Waals surface area contributed by atoms with E-state index >= 15 is 0 Å². The molecule has 0 aromatic carbocycles. The Balaban J connectivity index is 1.93. The van der Waals surface area contributed by atoms with Crippen molar-refractivity contribution in [3.8, 4) is 0 Å². The predicted octanol–water partition coefficient (Wildman–Crippen LogP) is 9.32. The second-order valence-corrected chi connectivity index (χ2v) is 9.95. The molecule has 2 nitrogen and oxygen atoms in total. The van der Waals surface area contributed by atoms with Gasteiger partial charge in [-0.05, 0) is 25.7 Å². The summed E-state index contributed by atoms with van der Waals surface area (Å²) in [7, 11) is 0. The van der Waals surface area contributed by atoms with Crippen LogP contribution in [0.4, 0.5) is 0 Å². The molecule has 1 heterocycles. The van der Waals surface area contributed by atoms with Crippen LogP contribution < -0.4 is 4.57 Å². The van der Waals surface area contributed by atoms with E-state index in [0.717, 1.165) is 0 Å². The number of aryl methyl sites for hydroxylation is 2. The van der Waals surface area contributed by atoms with Crippen molar-refractivity contribution in [2.24, 2.45) is 0 Å². The van der Waals surface area contributed by atoms with Gasteiger partial charge in [0.2, 0.25) is 0 Å². The van der Waals surface area contributed by atoms with E-state index in [0.29, 0.717) is 0 Å². The Labute approximate surface area is 196 Å². The molecule has 0 spiro atoms. The highest BCUT2D eigenvalue weighted by molar-refractivity contribution is 4.79. The molecule has 1 rings (SSSR count). The van der Waals surface area contributed by atoms with Crippen molar-refractivity contribution in [2.45, 2.75) is 169 Å². The fourth-order valence-electron chi connectivity index (χ4n) is 4.73. The largest absolute Gasteiger partial charge is 0.253 e. The molecule has 0 atom stereocenters. The van der Waals surface area contributed by atoms with Crippen LogP contribution in [-0.2, 0) is 13.1 Å². The van der Waals surface area contributed by atoms with Crippen molar-refractivity contribution in [3.63, 3.8) is 0 Å². The molecule has 0 fully saturated rings. The van der Waals surface area contributed by atoms with Crippen molar-refractivity contribution < 1.29 is 4.57 Å². The summed E-state index contributed by atoms with van der Waals surface area (Å²) < 4.78 is 4.94. The molecule has 0 amide bonds. The first kappa shape index (κ1) is 28.2. The Morgan fingerprint density at radius 3 is 1.39 bits per heavy atom. The van der Waals surface area contributed by atoms with Gasteiger partial charge in [0, 0.05) is 6.92 Å². The second kappa shape index (κ2) is 21.1. The zero-order valence-electron chi connectivity index (χ0n) is 21.8. The van der Waals surface area contributed by atoms with Gasteiger partial charge < -0.3 is 0 Å². The van der Waals surface area contributed by atoms with Gasteiger partial charge in [-0.1, -0.05) is 123 Å². The van der Waals surface area contributed by atoms with Gasteiger partial charge in [0.15, 0.2) is 0 Å². The molecular formula is C29H57N2+. The normalized spacial score (nSPS) is 11.5. The predicted molar refractivity (Wildman–Crippen MR) is 138 cm³/mol. The van der Waals surface area contributed by atoms with Crippen LogP contribution in [0, 0.1) is 6.92 Å². The molecular weight excluding hydrogens is 376 g/mol. The molecule has 1 aromatic rings. The third kappa shape index (κ3) is 15.6. The second-order valence-electron chi connectivity index (χ2n) is 9.95. The molecule has 0 aliphatic rings. The number of aromatic nitrogens is 2. The number of imidazole rings is 1. The zero-order chi connectivity index (χ0) is 22.4. The summed E-state index contributed by atoms with van der Waals surface area (Å²) >= 11 is 0. The molecule has 0 saturated heterocycles. The van der Waals surface area contributed by atoms with Crippen LogP contribution in [0.3, 0.4) is 0 Å². The highest BCUT2D eigenvalue weighted by Crippen LogP contribution is 2.13. The van der Waals surface area contributed by atoms with Crippen molar-refractivity contribution in [2.75, 3.05) is 0 Å². The van der Waals surface area contributed by atoms with E-state index in [1.165, 1.54) is 154 Å². The van der Waals surface area contributed by atoms with Gasteiger partial charge in [-0.3, -0.25) is 0 Å². The van der Waals surface area contributed by atoms with Crippen molar-refractivity contribution >= 4 is 0 Å². The lowest BCUT2D eigenvalue weighted by Gasteiger charge is -2.04. The Morgan fingerprint density at radius 2 is 0.935 bits per heavy atom. The van der Waals surface area contributed by atoms with E-state index in [1.54, 1.807) is 0 Å². The zero-order valence-corrected chi connectivity index (χ0v) is 21.8. The van der Waals surface area contributed by atoms with Crippen LogP contribution in [0.25, 0.3) is 0 Å². The van der Waals surface area contributed by atoms with Gasteiger partial charge >= 0.3 is 0 Å². The first-order chi connectivity index (χ1) is 15.3. The summed E-state index contributed by atoms with van der Waals surface area (Å²) in [6, 6.07) is 0. The van der Waals surface area contributed by atoms with E-state index in [9.17, 15) is 0 Å². The van der Waals surface area contributed by atoms with E-state index in [4.69, 9.17) is 0 Å². The summed E-state index contributed by atoms with van der Waals surface area (Å²) in [6.45, 7) is 9.29. The Bertz CT molecular complexity index is 491. The molecule has 1 aromatic heterocycles. The van der Waals surface area contributed by atoms with Crippen LogP contribution in [0.5, 0.6) is 0 Å². The molecule has 0 aliphatic carbocycles. The average Bonchev–Trinajstić information content (AvgIpc) is 3.12. The van der Waals surface area contributed by atoms with Crippen LogP contribution in [0.1, 0.15) is 155 Å². The van der Waals surface area contributed by atoms with Crippen LogP contribution in [0.2, 0.25) is 0 Å². The van der Waals surface area contributed by atoms with Gasteiger partial charge in [-0.15, -0.1) is 0 Å². The molecule has 0 N–H and O–H groups in total. The molecule has 0 bridgehead atoms. The molecule has 31 heavy (non-hydrogen) atoms. The van der Waals surface area contributed by atoms with E-state index in [2.05, 4.69) is 42.3 Å². The SMILES string of the molecule is CCCCCCCCCCCCCCCCn1cc[n+](CCCCCCCCC)c1C. The van der Waals surface area contributed by atoms with Crippen molar-refractivity contribution in [1.29, 1.82) is 0 Å². The van der Waals surface area contributed by atoms with E-state index in [1.807, 2.05) is 0 Å². The fraction of sp³-hybridized carbons (Fsp3) is 0.897. The molecule has 182 valence electrons. The lowest BCUT2D eigenvalue weighted by Crippen LogP contribution is -2.35. The number of hydrogen-bond acceptors (Lipinski definition) is 0. The van der Waals surface area contributed by atoms with Crippen LogP contribution in [-0.4, -0.2) is 4.57 Å². The minimum Gasteiger partial charge on any atom is -0.234 e. The van der Waals surface area contributed by atoms with Crippen molar-refractivity contribution in [1.82, 2.24) is 4.57 Å². The third-order valence-corrected chi connectivity index (χ3v) is 7.01. The highest BCUT2D eigenvalue weighted by Gasteiger charge is 2.11. The smallest absolute Gasteiger partial charge is 0.234 e. The minimum atomic E-state index is 1.20. The Kier molecular flexibility index (Phi) is 19.2. The van der Waals surface area contributed by atoms with Crippen LogP contribution in [0.15, 0.2) is 12.4 Å². The van der Waals surface area contributed by atoms with Gasteiger partial charge in [-0.25, -0.2) is 9.13 Å². The number of nitrogens with zero attached hydrogens (tertiary/aromatic N) is 2.